The third-order valence-electron chi connectivity index (χ3n) is 4.27. The molecule has 26 heavy (non-hydrogen) atoms. The third-order valence-corrected chi connectivity index (χ3v) is 7.27. The summed E-state index contributed by atoms with van der Waals surface area (Å²) in [5.74, 6) is -0.257. The number of carbonyl (C=O) groups is 1. The van der Waals surface area contributed by atoms with Crippen LogP contribution in [0.4, 0.5) is 0 Å². The molecule has 0 saturated carbocycles. The highest BCUT2D eigenvalue weighted by Crippen LogP contribution is 2.27. The van der Waals surface area contributed by atoms with Crippen LogP contribution in [0.3, 0.4) is 0 Å². The average molecular weight is 414 g/mol. The van der Waals surface area contributed by atoms with E-state index in [-0.39, 0.29) is 10.8 Å². The lowest BCUT2D eigenvalue weighted by atomic mass is 10.2. The molecule has 3 rings (SSSR count). The van der Waals surface area contributed by atoms with Crippen LogP contribution in [-0.4, -0.2) is 42.7 Å². The highest BCUT2D eigenvalue weighted by Gasteiger charge is 2.39. The summed E-state index contributed by atoms with van der Waals surface area (Å²) in [5.41, 5.74) is 0.935. The van der Waals surface area contributed by atoms with Crippen LogP contribution in [0.15, 0.2) is 34.5 Å². The van der Waals surface area contributed by atoms with Crippen molar-refractivity contribution in [3.05, 3.63) is 45.4 Å². The van der Waals surface area contributed by atoms with E-state index in [0.29, 0.717) is 37.4 Å². The second-order valence-electron chi connectivity index (χ2n) is 6.13. The van der Waals surface area contributed by atoms with Gasteiger partial charge in [0.25, 0.3) is 0 Å². The van der Waals surface area contributed by atoms with E-state index < -0.39 is 16.1 Å². The highest BCUT2D eigenvalue weighted by atomic mass is 35.5. The molecule has 0 bridgehead atoms. The zero-order valence-corrected chi connectivity index (χ0v) is 16.7. The van der Waals surface area contributed by atoms with Crippen molar-refractivity contribution >= 4 is 38.9 Å². The van der Waals surface area contributed by atoms with E-state index in [1.807, 2.05) is 12.3 Å². The smallest absolute Gasteiger partial charge is 0.243 e. The van der Waals surface area contributed by atoms with Crippen molar-refractivity contribution in [3.63, 3.8) is 0 Å². The number of nitrogens with one attached hydrogen (secondary N) is 1. The molecule has 1 aromatic carbocycles. The molecular formula is C17H20ClN3O3S2. The molecule has 1 atom stereocenters. The molecule has 0 radical (unpaired) electrons. The van der Waals surface area contributed by atoms with Gasteiger partial charge in [-0.15, -0.1) is 11.3 Å². The maximum absolute atomic E-state index is 12.9. The molecule has 6 nitrogen and oxygen atoms in total. The number of rotatable bonds is 6. The van der Waals surface area contributed by atoms with E-state index >= 15 is 0 Å². The van der Waals surface area contributed by atoms with Gasteiger partial charge >= 0.3 is 0 Å². The number of hydrogen-bond acceptors (Lipinski definition) is 5. The van der Waals surface area contributed by atoms with E-state index in [9.17, 15) is 13.2 Å². The quantitative estimate of drug-likeness (QED) is 0.789. The minimum absolute atomic E-state index is 0.152. The lowest BCUT2D eigenvalue weighted by molar-refractivity contribution is -0.124. The first kappa shape index (κ1) is 19.3. The van der Waals surface area contributed by atoms with Crippen molar-refractivity contribution in [2.24, 2.45) is 0 Å². The molecule has 1 fully saturated rings. The van der Waals surface area contributed by atoms with Crippen molar-refractivity contribution in [3.8, 4) is 0 Å². The van der Waals surface area contributed by atoms with Gasteiger partial charge in [0.15, 0.2) is 0 Å². The fraction of sp³-hybridized carbons (Fsp3) is 0.412. The molecule has 1 unspecified atom stereocenters. The van der Waals surface area contributed by atoms with Crippen LogP contribution in [0.25, 0.3) is 0 Å². The second kappa shape index (κ2) is 8.04. The summed E-state index contributed by atoms with van der Waals surface area (Å²) in [6.07, 6.45) is 1.82. The molecule has 140 valence electrons. The normalized spacial score (nSPS) is 18.2. The summed E-state index contributed by atoms with van der Waals surface area (Å²) in [4.78, 5) is 17.0. The standard InChI is InChI=1S/C17H20ClN3O3S2/c1-12-20-14(11-25-12)8-9-19-17(22)16-3-2-10-21(16)26(23,24)15-6-4-13(18)5-7-15/h4-7,11,16H,2-3,8-10H2,1H3,(H,19,22). The Balaban J connectivity index is 1.65. The number of aryl methyl sites for hydroxylation is 1. The molecule has 0 spiro atoms. The number of sulfonamides is 1. The molecule has 2 aromatic rings. The minimum atomic E-state index is -3.72. The molecule has 0 aliphatic carbocycles. The van der Waals surface area contributed by atoms with Crippen molar-refractivity contribution < 1.29 is 13.2 Å². The maximum Gasteiger partial charge on any atom is 0.243 e. The zero-order chi connectivity index (χ0) is 18.7. The summed E-state index contributed by atoms with van der Waals surface area (Å²) in [6.45, 7) is 2.71. The predicted molar refractivity (Wildman–Crippen MR) is 102 cm³/mol. The Morgan fingerprint density at radius 1 is 1.38 bits per heavy atom. The van der Waals surface area contributed by atoms with Crippen molar-refractivity contribution in [2.45, 2.75) is 37.1 Å². The Labute approximate surface area is 162 Å². The van der Waals surface area contributed by atoms with Gasteiger partial charge in [0.2, 0.25) is 15.9 Å². The predicted octanol–water partition coefficient (Wildman–Crippen LogP) is 2.62. The number of thiazole rings is 1. The number of hydrogen-bond donors (Lipinski definition) is 1. The van der Waals surface area contributed by atoms with Gasteiger partial charge in [0.05, 0.1) is 15.6 Å². The van der Waals surface area contributed by atoms with Crippen LogP contribution in [0.2, 0.25) is 5.02 Å². The largest absolute Gasteiger partial charge is 0.354 e. The van der Waals surface area contributed by atoms with E-state index in [1.165, 1.54) is 28.6 Å². The summed E-state index contributed by atoms with van der Waals surface area (Å²) in [6, 6.07) is 5.34. The summed E-state index contributed by atoms with van der Waals surface area (Å²) >= 11 is 7.40. The number of halogens is 1. The average Bonchev–Trinajstić information content (AvgIpc) is 3.24. The van der Waals surface area contributed by atoms with Gasteiger partial charge < -0.3 is 5.32 Å². The molecule has 1 aromatic heterocycles. The molecule has 9 heteroatoms. The van der Waals surface area contributed by atoms with Gasteiger partial charge in [0, 0.05) is 29.9 Å². The minimum Gasteiger partial charge on any atom is -0.354 e. The summed E-state index contributed by atoms with van der Waals surface area (Å²) in [7, 11) is -3.72. The van der Waals surface area contributed by atoms with Crippen LogP contribution < -0.4 is 5.32 Å². The van der Waals surface area contributed by atoms with Gasteiger partial charge in [-0.3, -0.25) is 4.79 Å². The zero-order valence-electron chi connectivity index (χ0n) is 14.3. The Bertz CT molecular complexity index is 881. The van der Waals surface area contributed by atoms with E-state index in [1.54, 1.807) is 11.3 Å². The van der Waals surface area contributed by atoms with Crippen LogP contribution >= 0.6 is 22.9 Å². The van der Waals surface area contributed by atoms with Crippen molar-refractivity contribution in [1.29, 1.82) is 0 Å². The molecule has 1 aliphatic heterocycles. The summed E-state index contributed by atoms with van der Waals surface area (Å²) in [5, 5.41) is 6.27. The van der Waals surface area contributed by atoms with Crippen LogP contribution in [0, 0.1) is 6.92 Å². The first-order chi connectivity index (χ1) is 12.4. The van der Waals surface area contributed by atoms with Crippen molar-refractivity contribution in [1.82, 2.24) is 14.6 Å². The molecule has 1 amide bonds. The Morgan fingerprint density at radius 2 is 2.12 bits per heavy atom. The molecule has 1 aliphatic rings. The van der Waals surface area contributed by atoms with Crippen LogP contribution in [0.5, 0.6) is 0 Å². The van der Waals surface area contributed by atoms with Gasteiger partial charge in [-0.2, -0.15) is 4.31 Å². The number of aromatic nitrogens is 1. The first-order valence-electron chi connectivity index (χ1n) is 8.34. The fourth-order valence-electron chi connectivity index (χ4n) is 2.99. The summed E-state index contributed by atoms with van der Waals surface area (Å²) < 4.78 is 27.0. The van der Waals surface area contributed by atoms with Gasteiger partial charge in [-0.1, -0.05) is 11.6 Å². The Hall–Kier alpha value is -1.48. The Morgan fingerprint density at radius 3 is 2.77 bits per heavy atom. The van der Waals surface area contributed by atoms with E-state index in [0.717, 1.165) is 10.7 Å². The molecule has 2 heterocycles. The fourth-order valence-corrected chi connectivity index (χ4v) is 5.42. The topological polar surface area (TPSA) is 79.4 Å². The van der Waals surface area contributed by atoms with Gasteiger partial charge in [-0.05, 0) is 44.0 Å². The third kappa shape index (κ3) is 4.25. The number of amides is 1. The number of benzene rings is 1. The maximum atomic E-state index is 12.9. The van der Waals surface area contributed by atoms with E-state index in [2.05, 4.69) is 10.3 Å². The Kier molecular flexibility index (Phi) is 5.96. The lowest BCUT2D eigenvalue weighted by Crippen LogP contribution is -2.46. The number of nitrogens with zero attached hydrogens (tertiary/aromatic N) is 2. The molecule has 1 N–H and O–H groups in total. The second-order valence-corrected chi connectivity index (χ2v) is 9.52. The highest BCUT2D eigenvalue weighted by molar-refractivity contribution is 7.89. The van der Waals surface area contributed by atoms with E-state index in [4.69, 9.17) is 11.6 Å². The van der Waals surface area contributed by atoms with Crippen LogP contribution in [0.1, 0.15) is 23.5 Å². The molecule has 1 saturated heterocycles. The molecular weight excluding hydrogens is 394 g/mol. The van der Waals surface area contributed by atoms with Crippen molar-refractivity contribution in [2.75, 3.05) is 13.1 Å². The van der Waals surface area contributed by atoms with Gasteiger partial charge in [0.1, 0.15) is 6.04 Å². The number of carbonyl (C=O) groups excluding carboxylic acids is 1. The first-order valence-corrected chi connectivity index (χ1v) is 11.0. The van der Waals surface area contributed by atoms with Crippen LogP contribution in [-0.2, 0) is 21.2 Å². The lowest BCUT2D eigenvalue weighted by Gasteiger charge is -2.23. The monoisotopic (exact) mass is 413 g/mol. The van der Waals surface area contributed by atoms with Gasteiger partial charge in [-0.25, -0.2) is 13.4 Å². The SMILES string of the molecule is Cc1nc(CCNC(=O)C2CCCN2S(=O)(=O)c2ccc(Cl)cc2)cs1.